The van der Waals surface area contributed by atoms with E-state index in [0.29, 0.717) is 42.6 Å². The molecule has 2 aromatic carbocycles. The van der Waals surface area contributed by atoms with Crippen LogP contribution in [0, 0.1) is 0 Å². The lowest BCUT2D eigenvalue weighted by Gasteiger charge is -2.13. The summed E-state index contributed by atoms with van der Waals surface area (Å²) >= 11 is 6.19. The highest BCUT2D eigenvalue weighted by atomic mass is 35.5. The molecule has 0 aliphatic carbocycles. The number of fused-ring (bicyclic) bond motifs is 1. The summed E-state index contributed by atoms with van der Waals surface area (Å²) in [6, 6.07) is 7.62. The van der Waals surface area contributed by atoms with Crippen LogP contribution in [0.4, 0.5) is 0 Å². The number of nitrogens with one attached hydrogen (secondary N) is 2. The van der Waals surface area contributed by atoms with Gasteiger partial charge in [-0.15, -0.1) is 0 Å². The van der Waals surface area contributed by atoms with Crippen molar-refractivity contribution < 1.29 is 28.5 Å². The molecule has 148 valence electrons. The van der Waals surface area contributed by atoms with Gasteiger partial charge in [-0.2, -0.15) is 0 Å². The quantitative estimate of drug-likeness (QED) is 0.758. The molecule has 0 saturated carbocycles. The largest absolute Gasteiger partial charge is 0.493 e. The Kier molecular flexibility index (Phi) is 6.10. The van der Waals surface area contributed by atoms with Crippen LogP contribution in [-0.4, -0.2) is 39.2 Å². The van der Waals surface area contributed by atoms with Crippen LogP contribution in [0.2, 0.25) is 5.02 Å². The number of carbonyl (C=O) groups is 2. The van der Waals surface area contributed by atoms with Gasteiger partial charge in [0.25, 0.3) is 11.8 Å². The predicted octanol–water partition coefficient (Wildman–Crippen LogP) is 2.59. The predicted molar refractivity (Wildman–Crippen MR) is 102 cm³/mol. The summed E-state index contributed by atoms with van der Waals surface area (Å²) in [6.45, 7) is 0.948. The number of halogens is 1. The van der Waals surface area contributed by atoms with E-state index in [1.165, 1.54) is 32.4 Å². The molecule has 1 heterocycles. The first kappa shape index (κ1) is 19.6. The smallest absolute Gasteiger partial charge is 0.269 e. The fourth-order valence-electron chi connectivity index (χ4n) is 2.60. The Bertz CT molecular complexity index is 902. The molecule has 1 aliphatic heterocycles. The lowest BCUT2D eigenvalue weighted by Crippen LogP contribution is -2.41. The maximum atomic E-state index is 12.4. The Morgan fingerprint density at radius 1 is 0.929 bits per heavy atom. The Balaban J connectivity index is 1.69. The Morgan fingerprint density at radius 2 is 1.61 bits per heavy atom. The Labute approximate surface area is 166 Å². The molecule has 0 spiro atoms. The minimum Gasteiger partial charge on any atom is -0.493 e. The molecule has 0 fully saturated rings. The van der Waals surface area contributed by atoms with E-state index >= 15 is 0 Å². The van der Waals surface area contributed by atoms with Gasteiger partial charge in [-0.1, -0.05) is 11.6 Å². The second kappa shape index (κ2) is 8.71. The number of rotatable bonds is 4. The zero-order valence-electron chi connectivity index (χ0n) is 15.3. The van der Waals surface area contributed by atoms with E-state index in [1.54, 1.807) is 12.1 Å². The molecule has 0 atom stereocenters. The number of hydrogen-bond donors (Lipinski definition) is 2. The Hall–Kier alpha value is -3.13. The van der Waals surface area contributed by atoms with Crippen LogP contribution in [0.15, 0.2) is 30.3 Å². The number of ether oxygens (including phenoxy) is 4. The van der Waals surface area contributed by atoms with Crippen molar-refractivity contribution in [2.45, 2.75) is 6.42 Å². The third-order valence-corrected chi connectivity index (χ3v) is 4.28. The van der Waals surface area contributed by atoms with Crippen molar-refractivity contribution in [1.82, 2.24) is 10.9 Å². The van der Waals surface area contributed by atoms with E-state index in [2.05, 4.69) is 10.9 Å². The lowest BCUT2D eigenvalue weighted by atomic mass is 10.2. The monoisotopic (exact) mass is 406 g/mol. The summed E-state index contributed by atoms with van der Waals surface area (Å²) in [5, 5.41) is 0.260. The van der Waals surface area contributed by atoms with Gasteiger partial charge in [0.05, 0.1) is 32.5 Å². The van der Waals surface area contributed by atoms with Crippen molar-refractivity contribution in [1.29, 1.82) is 0 Å². The Morgan fingerprint density at radius 3 is 2.32 bits per heavy atom. The lowest BCUT2D eigenvalue weighted by molar-refractivity contribution is 0.0846. The molecule has 2 aromatic rings. The fraction of sp³-hybridized carbons (Fsp3) is 0.263. The number of methoxy groups -OCH3 is 2. The topological polar surface area (TPSA) is 95.1 Å². The normalized spacial score (nSPS) is 12.5. The molecule has 0 saturated heterocycles. The van der Waals surface area contributed by atoms with Crippen LogP contribution < -0.4 is 29.8 Å². The number of amides is 2. The van der Waals surface area contributed by atoms with Crippen LogP contribution in [0.25, 0.3) is 0 Å². The first-order chi connectivity index (χ1) is 13.5. The van der Waals surface area contributed by atoms with E-state index in [4.69, 9.17) is 30.5 Å². The molecule has 1 aliphatic rings. The number of carbonyl (C=O) groups excluding carboxylic acids is 2. The molecular formula is C19H19ClN2O6. The molecule has 0 bridgehead atoms. The van der Waals surface area contributed by atoms with E-state index < -0.39 is 11.8 Å². The second-order valence-electron chi connectivity index (χ2n) is 5.81. The SMILES string of the molecule is COc1ccc(C(=O)NNC(=O)c2cc(Cl)c3c(c2)OCCCO3)cc1OC. The highest BCUT2D eigenvalue weighted by Crippen LogP contribution is 2.38. The molecule has 2 amide bonds. The molecule has 28 heavy (non-hydrogen) atoms. The highest BCUT2D eigenvalue weighted by molar-refractivity contribution is 6.32. The van der Waals surface area contributed by atoms with Crippen LogP contribution >= 0.6 is 11.6 Å². The van der Waals surface area contributed by atoms with E-state index in [-0.39, 0.29) is 16.1 Å². The zero-order valence-corrected chi connectivity index (χ0v) is 16.1. The summed E-state index contributed by atoms with van der Waals surface area (Å²) in [5.41, 5.74) is 5.21. The third kappa shape index (κ3) is 4.23. The van der Waals surface area contributed by atoms with Crippen molar-refractivity contribution >= 4 is 23.4 Å². The summed E-state index contributed by atoms with van der Waals surface area (Å²) in [5.74, 6) is 0.619. The summed E-state index contributed by atoms with van der Waals surface area (Å²) in [6.07, 6.45) is 0.716. The molecular weight excluding hydrogens is 388 g/mol. The minimum absolute atomic E-state index is 0.224. The molecule has 2 N–H and O–H groups in total. The third-order valence-electron chi connectivity index (χ3n) is 4.00. The highest BCUT2D eigenvalue weighted by Gasteiger charge is 2.19. The van der Waals surface area contributed by atoms with Gasteiger partial charge < -0.3 is 18.9 Å². The first-order valence-electron chi connectivity index (χ1n) is 8.45. The molecule has 0 radical (unpaired) electrons. The maximum absolute atomic E-state index is 12.4. The van der Waals surface area contributed by atoms with Gasteiger partial charge in [0, 0.05) is 17.5 Å². The number of benzene rings is 2. The van der Waals surface area contributed by atoms with Gasteiger partial charge in [0.1, 0.15) is 0 Å². The minimum atomic E-state index is -0.550. The van der Waals surface area contributed by atoms with Crippen LogP contribution in [0.5, 0.6) is 23.0 Å². The van der Waals surface area contributed by atoms with Gasteiger partial charge in [0.2, 0.25) is 0 Å². The van der Waals surface area contributed by atoms with Crippen molar-refractivity contribution in [2.75, 3.05) is 27.4 Å². The van der Waals surface area contributed by atoms with Crippen LogP contribution in [0.3, 0.4) is 0 Å². The zero-order chi connectivity index (χ0) is 20.1. The van der Waals surface area contributed by atoms with Gasteiger partial charge in [-0.3, -0.25) is 20.4 Å². The second-order valence-corrected chi connectivity index (χ2v) is 6.22. The van der Waals surface area contributed by atoms with Crippen molar-refractivity contribution in [3.05, 3.63) is 46.5 Å². The fourth-order valence-corrected chi connectivity index (χ4v) is 2.86. The van der Waals surface area contributed by atoms with E-state index in [9.17, 15) is 9.59 Å². The summed E-state index contributed by atoms with van der Waals surface area (Å²) in [7, 11) is 2.97. The van der Waals surface area contributed by atoms with Gasteiger partial charge in [-0.05, 0) is 30.3 Å². The van der Waals surface area contributed by atoms with Crippen LogP contribution in [-0.2, 0) is 0 Å². The number of hydrazine groups is 1. The van der Waals surface area contributed by atoms with Crippen molar-refractivity contribution in [3.63, 3.8) is 0 Å². The van der Waals surface area contributed by atoms with E-state index in [0.717, 1.165) is 0 Å². The van der Waals surface area contributed by atoms with Gasteiger partial charge in [-0.25, -0.2) is 0 Å². The van der Waals surface area contributed by atoms with Gasteiger partial charge in [0.15, 0.2) is 23.0 Å². The molecule has 0 unspecified atom stereocenters. The van der Waals surface area contributed by atoms with Crippen molar-refractivity contribution in [3.8, 4) is 23.0 Å². The van der Waals surface area contributed by atoms with Gasteiger partial charge >= 0.3 is 0 Å². The summed E-state index contributed by atoms with van der Waals surface area (Å²) < 4.78 is 21.4. The average molecular weight is 407 g/mol. The first-order valence-corrected chi connectivity index (χ1v) is 8.83. The molecule has 9 heteroatoms. The van der Waals surface area contributed by atoms with Crippen LogP contribution in [0.1, 0.15) is 27.1 Å². The standard InChI is InChI=1S/C19H19ClN2O6/c1-25-14-5-4-11(9-15(14)26-2)18(23)21-22-19(24)12-8-13(20)17-16(10-12)27-6-3-7-28-17/h4-5,8-10H,3,6-7H2,1-2H3,(H,21,23)(H,22,24). The van der Waals surface area contributed by atoms with Crippen molar-refractivity contribution in [2.24, 2.45) is 0 Å². The molecule has 3 rings (SSSR count). The summed E-state index contributed by atoms with van der Waals surface area (Å²) in [4.78, 5) is 24.7. The van der Waals surface area contributed by atoms with E-state index in [1.807, 2.05) is 0 Å². The number of hydrogen-bond acceptors (Lipinski definition) is 6. The maximum Gasteiger partial charge on any atom is 0.269 e. The average Bonchev–Trinajstić information content (AvgIpc) is 2.97. The molecule has 0 aromatic heterocycles. The molecule has 8 nitrogen and oxygen atoms in total.